The molecular formula is C54H92NO7P. The summed E-state index contributed by atoms with van der Waals surface area (Å²) in [6.07, 6.45) is 63.9. The van der Waals surface area contributed by atoms with Crippen molar-refractivity contribution in [2.75, 3.05) is 54.1 Å². The lowest BCUT2D eigenvalue weighted by Crippen LogP contribution is -2.37. The molecule has 0 saturated carbocycles. The number of carbonyl (C=O) groups is 1. The fraction of sp³-hybridized carbons (Fsp3) is 0.648. The van der Waals surface area contributed by atoms with E-state index in [2.05, 4.69) is 123 Å². The molecule has 0 aromatic carbocycles. The van der Waals surface area contributed by atoms with E-state index in [1.54, 1.807) is 0 Å². The van der Waals surface area contributed by atoms with Crippen LogP contribution in [0.25, 0.3) is 0 Å². The third-order valence-corrected chi connectivity index (χ3v) is 10.8. The number of allylic oxidation sites excluding steroid dienone is 18. The van der Waals surface area contributed by atoms with Gasteiger partial charge in [0.2, 0.25) is 0 Å². The summed E-state index contributed by atoms with van der Waals surface area (Å²) < 4.78 is 34.6. The highest BCUT2D eigenvalue weighted by molar-refractivity contribution is 7.45. The molecule has 0 heterocycles. The fourth-order valence-electron chi connectivity index (χ4n) is 6.03. The van der Waals surface area contributed by atoms with Gasteiger partial charge in [-0.2, -0.15) is 0 Å². The molecule has 63 heavy (non-hydrogen) atoms. The van der Waals surface area contributed by atoms with Gasteiger partial charge in [0, 0.05) is 13.0 Å². The lowest BCUT2D eigenvalue weighted by molar-refractivity contribution is -0.870. The number of ether oxygens (including phenoxy) is 2. The Bertz CT molecular complexity index is 1370. The van der Waals surface area contributed by atoms with E-state index in [0.29, 0.717) is 17.6 Å². The summed E-state index contributed by atoms with van der Waals surface area (Å²) in [6.45, 7) is 5.14. The Balaban J connectivity index is 4.31. The number of carbonyl (C=O) groups excluding carboxylic acids is 1. The molecule has 0 radical (unpaired) electrons. The molecule has 0 aromatic heterocycles. The molecule has 2 atom stereocenters. The van der Waals surface area contributed by atoms with E-state index >= 15 is 0 Å². The number of hydrogen-bond donors (Lipinski definition) is 0. The maximum atomic E-state index is 12.7. The summed E-state index contributed by atoms with van der Waals surface area (Å²) in [4.78, 5) is 25.2. The van der Waals surface area contributed by atoms with Crippen molar-refractivity contribution in [3.63, 3.8) is 0 Å². The molecular weight excluding hydrogens is 806 g/mol. The molecule has 0 N–H and O–H groups in total. The molecule has 0 spiro atoms. The highest BCUT2D eigenvalue weighted by Crippen LogP contribution is 2.38. The van der Waals surface area contributed by atoms with Crippen LogP contribution < -0.4 is 4.89 Å². The molecule has 0 aliphatic rings. The first-order valence-corrected chi connectivity index (χ1v) is 26.1. The van der Waals surface area contributed by atoms with Crippen molar-refractivity contribution < 1.29 is 37.3 Å². The van der Waals surface area contributed by atoms with Crippen LogP contribution in [0.1, 0.15) is 168 Å². The Kier molecular flexibility index (Phi) is 43.7. The predicted octanol–water partition coefficient (Wildman–Crippen LogP) is 14.5. The second-order valence-electron chi connectivity index (χ2n) is 17.1. The van der Waals surface area contributed by atoms with E-state index in [1.165, 1.54) is 38.5 Å². The molecule has 360 valence electrons. The molecule has 8 nitrogen and oxygen atoms in total. The van der Waals surface area contributed by atoms with Gasteiger partial charge in [0.15, 0.2) is 0 Å². The van der Waals surface area contributed by atoms with Gasteiger partial charge < -0.3 is 27.9 Å². The van der Waals surface area contributed by atoms with Crippen LogP contribution in [0.5, 0.6) is 0 Å². The van der Waals surface area contributed by atoms with Gasteiger partial charge in [0.1, 0.15) is 19.3 Å². The topological polar surface area (TPSA) is 94.1 Å². The van der Waals surface area contributed by atoms with Crippen LogP contribution >= 0.6 is 7.82 Å². The summed E-state index contributed by atoms with van der Waals surface area (Å²) in [5, 5.41) is 0. The second kappa shape index (κ2) is 45.7. The van der Waals surface area contributed by atoms with Gasteiger partial charge in [-0.1, -0.05) is 168 Å². The van der Waals surface area contributed by atoms with Crippen LogP contribution in [-0.4, -0.2) is 70.7 Å². The molecule has 0 fully saturated rings. The molecule has 0 aliphatic heterocycles. The van der Waals surface area contributed by atoms with Gasteiger partial charge in [-0.3, -0.25) is 9.36 Å². The summed E-state index contributed by atoms with van der Waals surface area (Å²) >= 11 is 0. The number of quaternary nitrogens is 1. The summed E-state index contributed by atoms with van der Waals surface area (Å²) in [6, 6.07) is 0. The standard InChI is InChI=1S/C54H92NO7P/c1-6-8-10-12-14-16-18-20-22-24-26-27-28-30-32-34-36-38-40-42-44-46-49-59-51-53(52-61-63(57,58)60-50-48-55(3,4)5)62-54(56)47-45-43-41-39-37-35-33-31-29-25-23-21-19-17-15-13-11-9-7-2/h8,10,14-17,20-23,26-27,29-32,36,38,53H,6-7,9,11-13,18-19,24-25,28,33-35,37,39-52H2,1-5H3/b10-8-,16-14-,17-15-,22-20-,23-21-,27-26-,31-29-,32-30-,38-36-. The minimum absolute atomic E-state index is 0.00960. The van der Waals surface area contributed by atoms with Gasteiger partial charge in [-0.25, -0.2) is 0 Å². The van der Waals surface area contributed by atoms with E-state index in [9.17, 15) is 14.3 Å². The summed E-state index contributed by atoms with van der Waals surface area (Å²) in [5.41, 5.74) is 0. The van der Waals surface area contributed by atoms with E-state index in [4.69, 9.17) is 18.5 Å². The third kappa shape index (κ3) is 50.0. The highest BCUT2D eigenvalue weighted by Gasteiger charge is 2.20. The van der Waals surface area contributed by atoms with Crippen molar-refractivity contribution in [1.82, 2.24) is 0 Å². The zero-order valence-electron chi connectivity index (χ0n) is 40.7. The molecule has 0 aromatic rings. The molecule has 0 amide bonds. The summed E-state index contributed by atoms with van der Waals surface area (Å²) in [7, 11) is 1.30. The van der Waals surface area contributed by atoms with Crippen molar-refractivity contribution in [2.24, 2.45) is 0 Å². The monoisotopic (exact) mass is 898 g/mol. The molecule has 0 aliphatic carbocycles. The van der Waals surface area contributed by atoms with Crippen LogP contribution in [0.4, 0.5) is 0 Å². The van der Waals surface area contributed by atoms with Crippen molar-refractivity contribution in [2.45, 2.75) is 174 Å². The Morgan fingerprint density at radius 1 is 0.508 bits per heavy atom. The number of hydrogen-bond acceptors (Lipinski definition) is 7. The molecule has 2 unspecified atom stereocenters. The highest BCUT2D eigenvalue weighted by atomic mass is 31.2. The average molecular weight is 898 g/mol. The molecule has 9 heteroatoms. The van der Waals surface area contributed by atoms with Crippen molar-refractivity contribution in [1.29, 1.82) is 0 Å². The predicted molar refractivity (Wildman–Crippen MR) is 268 cm³/mol. The second-order valence-corrected chi connectivity index (χ2v) is 18.5. The first kappa shape index (κ1) is 60.2. The van der Waals surface area contributed by atoms with Gasteiger partial charge in [-0.05, 0) is 103 Å². The number of unbranched alkanes of at least 4 members (excludes halogenated alkanes) is 12. The van der Waals surface area contributed by atoms with Crippen LogP contribution in [0.3, 0.4) is 0 Å². The maximum Gasteiger partial charge on any atom is 0.306 e. The van der Waals surface area contributed by atoms with Crippen LogP contribution in [-0.2, 0) is 27.9 Å². The molecule has 0 saturated heterocycles. The van der Waals surface area contributed by atoms with Gasteiger partial charge in [-0.15, -0.1) is 0 Å². The Labute approximate surface area is 387 Å². The van der Waals surface area contributed by atoms with Crippen molar-refractivity contribution >= 4 is 13.8 Å². The number of nitrogens with zero attached hydrogens (tertiary/aromatic N) is 1. The smallest absolute Gasteiger partial charge is 0.306 e. The van der Waals surface area contributed by atoms with E-state index in [0.717, 1.165) is 109 Å². The first-order valence-electron chi connectivity index (χ1n) is 24.6. The number of phosphoric ester groups is 1. The van der Waals surface area contributed by atoms with Gasteiger partial charge in [0.25, 0.3) is 7.82 Å². The van der Waals surface area contributed by atoms with E-state index < -0.39 is 13.9 Å². The van der Waals surface area contributed by atoms with Crippen LogP contribution in [0.2, 0.25) is 0 Å². The number of rotatable bonds is 44. The number of phosphoric acid groups is 1. The largest absolute Gasteiger partial charge is 0.756 e. The van der Waals surface area contributed by atoms with Crippen molar-refractivity contribution in [3.8, 4) is 0 Å². The number of likely N-dealkylation sites (N-methyl/N-ethyl adjacent to an activating group) is 1. The minimum atomic E-state index is -4.55. The lowest BCUT2D eigenvalue weighted by atomic mass is 10.1. The normalized spacial score (nSPS) is 14.6. The maximum absolute atomic E-state index is 12.7. The first-order chi connectivity index (χ1) is 30.6. The van der Waals surface area contributed by atoms with Crippen LogP contribution in [0.15, 0.2) is 109 Å². The fourth-order valence-corrected chi connectivity index (χ4v) is 6.75. The van der Waals surface area contributed by atoms with Gasteiger partial charge >= 0.3 is 5.97 Å². The van der Waals surface area contributed by atoms with Crippen LogP contribution in [0, 0.1) is 0 Å². The quantitative estimate of drug-likeness (QED) is 0.0198. The minimum Gasteiger partial charge on any atom is -0.756 e. The Hall–Kier alpha value is -2.84. The zero-order valence-corrected chi connectivity index (χ0v) is 41.6. The zero-order chi connectivity index (χ0) is 46.2. The molecule has 0 bridgehead atoms. The average Bonchev–Trinajstić information content (AvgIpc) is 3.24. The van der Waals surface area contributed by atoms with Gasteiger partial charge in [0.05, 0.1) is 34.4 Å². The third-order valence-electron chi connectivity index (χ3n) is 9.81. The Morgan fingerprint density at radius 3 is 1.38 bits per heavy atom. The SMILES string of the molecule is CC/C=C\C/C=C\C/C=C\C/C=C\C/C=C\C/C=C\CCCCCOCC(COP(=O)([O-])OCC[N+](C)(C)C)OC(=O)CCCCCCCC/C=C\C/C=C\C/C=C\CCCCC. The lowest BCUT2D eigenvalue weighted by Gasteiger charge is -2.28. The molecule has 0 rings (SSSR count). The van der Waals surface area contributed by atoms with Crippen molar-refractivity contribution in [3.05, 3.63) is 109 Å². The number of esters is 1. The van der Waals surface area contributed by atoms with E-state index in [1.807, 2.05) is 21.1 Å². The summed E-state index contributed by atoms with van der Waals surface area (Å²) in [5.74, 6) is -0.363. The van der Waals surface area contributed by atoms with E-state index in [-0.39, 0.29) is 32.2 Å². The Morgan fingerprint density at radius 2 is 0.921 bits per heavy atom.